The zero-order valence-electron chi connectivity index (χ0n) is 44.9. The smallest absolute Gasteiger partial charge is 0.327 e. The van der Waals surface area contributed by atoms with Gasteiger partial charge in [-0.3, -0.25) is 33.9 Å². The van der Waals surface area contributed by atoms with Gasteiger partial charge in [0.05, 0.1) is 38.4 Å². The number of nitrogens with zero attached hydrogens (tertiary/aromatic N) is 8. The van der Waals surface area contributed by atoms with Crippen LogP contribution in [0.1, 0.15) is 145 Å². The molecule has 4 fully saturated rings. The first-order chi connectivity index (χ1) is 32.5. The number of hydrogen-bond acceptors (Lipinski definition) is 12. The second-order valence-corrected chi connectivity index (χ2v) is 20.3. The second kappa shape index (κ2) is 29.6. The minimum atomic E-state index is -0.155. The average Bonchev–Trinajstić information content (AvgIpc) is 3.96. The Morgan fingerprint density at radius 3 is 1.20 bits per heavy atom. The van der Waals surface area contributed by atoms with E-state index in [0.29, 0.717) is 41.9 Å². The lowest BCUT2D eigenvalue weighted by molar-refractivity contribution is -0.127. The Morgan fingerprint density at radius 1 is 0.486 bits per heavy atom. The third-order valence-electron chi connectivity index (χ3n) is 11.2. The molecule has 70 heavy (non-hydrogen) atoms. The van der Waals surface area contributed by atoms with E-state index in [9.17, 15) is 28.8 Å². The van der Waals surface area contributed by atoms with Gasteiger partial charge < -0.3 is 33.3 Å². The number of carbonyl (C=O) groups excluding carboxylic acids is 4. The molecule has 0 radical (unpaired) electrons. The highest BCUT2D eigenvalue weighted by Gasteiger charge is 2.37. The molecule has 0 aromatic carbocycles. The van der Waals surface area contributed by atoms with Crippen LogP contribution >= 0.6 is 48.9 Å². The largest absolute Gasteiger partial charge is 0.472 e. The molecule has 16 nitrogen and oxygen atoms in total. The summed E-state index contributed by atoms with van der Waals surface area (Å²) in [5, 5.41) is 1.56. The Balaban J connectivity index is 0.000000420. The molecule has 0 spiro atoms. The molecule has 392 valence electrons. The number of thiocarbonyl (C=S) groups is 4. The van der Waals surface area contributed by atoms with Crippen molar-refractivity contribution in [3.8, 4) is 0 Å². The quantitative estimate of drug-likeness (QED) is 0.164. The van der Waals surface area contributed by atoms with Crippen molar-refractivity contribution in [2.75, 3.05) is 52.4 Å². The molecule has 4 aliphatic rings. The van der Waals surface area contributed by atoms with E-state index >= 15 is 0 Å². The minimum absolute atomic E-state index is 0.0263. The Morgan fingerprint density at radius 2 is 0.886 bits per heavy atom. The number of aryl methyl sites for hydroxylation is 2. The monoisotopic (exact) mass is 1050 g/mol. The first-order valence-corrected chi connectivity index (χ1v) is 25.8. The number of urea groups is 2. The van der Waals surface area contributed by atoms with Crippen molar-refractivity contribution in [3.63, 3.8) is 0 Å². The molecule has 0 bridgehead atoms. The molecule has 0 atom stereocenters. The fourth-order valence-corrected chi connectivity index (χ4v) is 9.00. The summed E-state index contributed by atoms with van der Waals surface area (Å²) in [6, 6.07) is 2.18. The van der Waals surface area contributed by atoms with Gasteiger partial charge in [-0.2, -0.15) is 0 Å². The van der Waals surface area contributed by atoms with Crippen LogP contribution in [-0.2, 0) is 9.59 Å². The standard InChI is InChI=1S/2C9H12O2.C8H14N2O2.2C8H14N2OS.C8H14N2S2/c1-6(2)9-4-8(10)7(3)5-11-9;1-6(2)8-5-11-4-7(3)9(8)10;1-4-9-5-7(11)10(6(2)3)8(9)12;1-4-9-5-7(12)10(6(2)3)8(9)11;2*1-4-9-5-7(11)10(6(2)3)8(9)12/h2*4-6H,1-3H3;4*6H,4-5H2,1-3H3. The molecule has 4 saturated heterocycles. The molecule has 20 heteroatoms. The van der Waals surface area contributed by atoms with E-state index < -0.39 is 0 Å². The van der Waals surface area contributed by atoms with E-state index in [1.807, 2.05) is 99.8 Å². The van der Waals surface area contributed by atoms with Gasteiger partial charge in [0.1, 0.15) is 22.3 Å². The fourth-order valence-electron chi connectivity index (χ4n) is 7.02. The van der Waals surface area contributed by atoms with Gasteiger partial charge >= 0.3 is 12.1 Å². The summed E-state index contributed by atoms with van der Waals surface area (Å²) in [5.74, 6) is 1.31. The summed E-state index contributed by atoms with van der Waals surface area (Å²) in [7, 11) is 0. The maximum Gasteiger partial charge on any atom is 0.327 e. The normalized spacial score (nSPS) is 15.9. The third-order valence-corrected chi connectivity index (χ3v) is 12.7. The fraction of sp³-hybridized carbons (Fsp3) is 0.640. The van der Waals surface area contributed by atoms with E-state index in [1.165, 1.54) is 23.7 Å². The van der Waals surface area contributed by atoms with E-state index in [-0.39, 0.29) is 71.2 Å². The Labute approximate surface area is 438 Å². The minimum Gasteiger partial charge on any atom is -0.472 e. The van der Waals surface area contributed by atoms with Crippen LogP contribution < -0.4 is 10.9 Å². The second-order valence-electron chi connectivity index (χ2n) is 18.6. The third kappa shape index (κ3) is 17.6. The Hall–Kier alpha value is -4.66. The molecule has 4 aliphatic heterocycles. The van der Waals surface area contributed by atoms with Crippen molar-refractivity contribution >= 4 is 92.9 Å². The topological polar surface area (TPSA) is 155 Å². The Kier molecular flexibility index (Phi) is 26.8. The van der Waals surface area contributed by atoms with Crippen molar-refractivity contribution in [3.05, 3.63) is 67.8 Å². The molecule has 6 amide bonds. The lowest BCUT2D eigenvalue weighted by Gasteiger charge is -2.23. The van der Waals surface area contributed by atoms with E-state index in [0.717, 1.165) is 52.6 Å². The van der Waals surface area contributed by atoms with Gasteiger partial charge in [-0.15, -0.1) is 0 Å². The average molecular weight is 1050 g/mol. The molecule has 6 heterocycles. The molecule has 0 unspecified atom stereocenters. The van der Waals surface area contributed by atoms with Gasteiger partial charge in [-0.05, 0) is 127 Å². The van der Waals surface area contributed by atoms with Crippen LogP contribution in [0.25, 0.3) is 0 Å². The van der Waals surface area contributed by atoms with Crippen LogP contribution in [0.15, 0.2) is 43.3 Å². The van der Waals surface area contributed by atoms with Crippen LogP contribution in [0.2, 0.25) is 0 Å². The molecule has 2 aromatic rings. The lowest BCUT2D eigenvalue weighted by Crippen LogP contribution is -2.37. The first kappa shape index (κ1) is 63.4. The predicted octanol–water partition coefficient (Wildman–Crippen LogP) is 8.79. The highest BCUT2D eigenvalue weighted by atomic mass is 32.1. The zero-order valence-corrected chi connectivity index (χ0v) is 48.2. The molecule has 0 saturated carbocycles. The molecular weight excluding hydrogens is 969 g/mol. The molecule has 6 rings (SSSR count). The number of amides is 6. The summed E-state index contributed by atoms with van der Waals surface area (Å²) >= 11 is 20.8. The number of hydrogen-bond donors (Lipinski definition) is 0. The number of likely N-dealkylation sites (N-methyl/N-ethyl adjacent to an activating group) is 4. The Bertz CT molecular complexity index is 2080. The lowest BCUT2D eigenvalue weighted by atomic mass is 10.0. The van der Waals surface area contributed by atoms with Crippen LogP contribution in [0.4, 0.5) is 9.59 Å². The van der Waals surface area contributed by atoms with E-state index in [1.54, 1.807) is 39.5 Å². The molecular formula is C50H80N8O8S4. The maximum atomic E-state index is 11.6. The van der Waals surface area contributed by atoms with Crippen molar-refractivity contribution in [2.24, 2.45) is 0 Å². The van der Waals surface area contributed by atoms with Crippen LogP contribution in [-0.4, -0.2) is 160 Å². The molecule has 0 aliphatic carbocycles. The predicted molar refractivity (Wildman–Crippen MR) is 296 cm³/mol. The summed E-state index contributed by atoms with van der Waals surface area (Å²) in [4.78, 5) is 83.8. The number of carbonyl (C=O) groups is 4. The summed E-state index contributed by atoms with van der Waals surface area (Å²) in [5.41, 5.74) is 2.25. The molecule has 2 aromatic heterocycles. The number of rotatable bonds is 10. The van der Waals surface area contributed by atoms with Crippen molar-refractivity contribution < 1.29 is 28.0 Å². The highest BCUT2D eigenvalue weighted by molar-refractivity contribution is 7.82. The van der Waals surface area contributed by atoms with Gasteiger partial charge in [0.2, 0.25) is 5.91 Å². The van der Waals surface area contributed by atoms with Gasteiger partial charge in [0.15, 0.2) is 21.1 Å². The van der Waals surface area contributed by atoms with Gasteiger partial charge in [0, 0.05) is 79.0 Å². The van der Waals surface area contributed by atoms with Gasteiger partial charge in [0.25, 0.3) is 5.91 Å². The van der Waals surface area contributed by atoms with Crippen molar-refractivity contribution in [1.29, 1.82) is 0 Å². The summed E-state index contributed by atoms with van der Waals surface area (Å²) < 4.78 is 10.2. The van der Waals surface area contributed by atoms with Crippen molar-refractivity contribution in [1.82, 2.24) is 39.2 Å². The van der Waals surface area contributed by atoms with Crippen LogP contribution in [0.3, 0.4) is 0 Å². The zero-order chi connectivity index (χ0) is 54.1. The van der Waals surface area contributed by atoms with Crippen molar-refractivity contribution in [2.45, 2.75) is 161 Å². The van der Waals surface area contributed by atoms with E-state index in [4.69, 9.17) is 57.7 Å². The first-order valence-electron chi connectivity index (χ1n) is 24.1. The molecule has 0 N–H and O–H groups in total. The summed E-state index contributed by atoms with van der Waals surface area (Å²) in [6.45, 7) is 40.4. The van der Waals surface area contributed by atoms with E-state index in [2.05, 4.69) is 25.7 Å². The van der Waals surface area contributed by atoms with Crippen LogP contribution in [0.5, 0.6) is 0 Å². The highest BCUT2D eigenvalue weighted by Crippen LogP contribution is 2.17. The number of imide groups is 1. The van der Waals surface area contributed by atoms with Crippen LogP contribution in [0, 0.1) is 13.8 Å². The van der Waals surface area contributed by atoms with Gasteiger partial charge in [-0.1, -0.05) is 52.1 Å². The van der Waals surface area contributed by atoms with Gasteiger partial charge in [-0.25, -0.2) is 9.59 Å². The maximum absolute atomic E-state index is 11.6. The summed E-state index contributed by atoms with van der Waals surface area (Å²) in [6.07, 6.45) is 4.52. The SMILES string of the molecule is CCN1CC(=O)N(C(C)C)C1=O.CCN1CC(=O)N(C(C)C)C1=S.CCN1CC(=S)N(C(C)C)C1=O.CCN1CC(=S)N(C(C)C)C1=S.Cc1coc(C(C)C)cc1=O.Cc1cocc(C(C)C)c1=O.